The quantitative estimate of drug-likeness (QED) is 0.462. The van der Waals surface area contributed by atoms with E-state index in [1.54, 1.807) is 73.8 Å². The Morgan fingerprint density at radius 1 is 0.929 bits per heavy atom. The minimum absolute atomic E-state index is 0.183. The summed E-state index contributed by atoms with van der Waals surface area (Å²) in [6.07, 6.45) is 1.61. The fraction of sp³-hybridized carbons (Fsp3) is 0.0870. The number of rotatable bonds is 7. The molecule has 0 saturated carbocycles. The van der Waals surface area contributed by atoms with Gasteiger partial charge in [-0.2, -0.15) is 0 Å². The van der Waals surface area contributed by atoms with E-state index in [0.29, 0.717) is 23.7 Å². The predicted octanol–water partition coefficient (Wildman–Crippen LogP) is 5.04. The molecule has 0 unspecified atom stereocenters. The molecule has 0 spiro atoms. The Bertz CT molecular complexity index is 959. The van der Waals surface area contributed by atoms with Crippen LogP contribution in [0.15, 0.2) is 72.8 Å². The Balaban J connectivity index is 1.72. The molecule has 5 heteroatoms. The van der Waals surface area contributed by atoms with Gasteiger partial charge in [-0.15, -0.1) is 0 Å². The first kappa shape index (κ1) is 19.2. The molecule has 0 radical (unpaired) electrons. The summed E-state index contributed by atoms with van der Waals surface area (Å²) in [5.74, 6) is 0.00623. The van der Waals surface area contributed by atoms with Crippen LogP contribution in [0.25, 0.3) is 11.6 Å². The molecule has 0 amide bonds. The number of aliphatic carboxylic acids is 1. The van der Waals surface area contributed by atoms with Gasteiger partial charge in [0.1, 0.15) is 23.9 Å². The number of methoxy groups -OCH3 is 1. The molecule has 0 aliphatic carbocycles. The predicted molar refractivity (Wildman–Crippen MR) is 106 cm³/mol. The number of hydrogen-bond acceptors (Lipinski definition) is 3. The van der Waals surface area contributed by atoms with Gasteiger partial charge >= 0.3 is 5.97 Å². The molecule has 3 aromatic carbocycles. The fourth-order valence-corrected chi connectivity index (χ4v) is 2.61. The molecule has 0 atom stereocenters. The largest absolute Gasteiger partial charge is 0.497 e. The highest BCUT2D eigenvalue weighted by molar-refractivity contribution is 6.20. The second kappa shape index (κ2) is 8.86. The van der Waals surface area contributed by atoms with Crippen LogP contribution in [-0.4, -0.2) is 18.2 Å². The van der Waals surface area contributed by atoms with Crippen molar-refractivity contribution in [1.82, 2.24) is 0 Å². The van der Waals surface area contributed by atoms with E-state index in [9.17, 15) is 14.3 Å². The molecule has 0 saturated heterocycles. The van der Waals surface area contributed by atoms with Crippen LogP contribution < -0.4 is 9.47 Å². The van der Waals surface area contributed by atoms with Crippen molar-refractivity contribution in [2.45, 2.75) is 6.61 Å². The molecular weight excluding hydrogens is 359 g/mol. The van der Waals surface area contributed by atoms with E-state index >= 15 is 0 Å². The molecule has 1 N–H and O–H groups in total. The number of carboxylic acids is 1. The Morgan fingerprint density at radius 2 is 1.54 bits per heavy atom. The molecule has 0 aliphatic rings. The van der Waals surface area contributed by atoms with Crippen LogP contribution in [0.1, 0.15) is 16.7 Å². The second-order valence-corrected chi connectivity index (χ2v) is 6.08. The zero-order valence-corrected chi connectivity index (χ0v) is 15.3. The smallest absolute Gasteiger partial charge is 0.336 e. The molecule has 0 fully saturated rings. The van der Waals surface area contributed by atoms with E-state index in [4.69, 9.17) is 9.47 Å². The van der Waals surface area contributed by atoms with Gasteiger partial charge < -0.3 is 14.6 Å². The standard InChI is InChI=1S/C23H19FO4/c1-27-20-12-6-18(7-13-20)22(23(25)26)14-16-4-10-21(11-5-16)28-15-17-2-8-19(24)9-3-17/h2-14H,15H2,1H3,(H,25,26)/b22-14-. The molecule has 142 valence electrons. The topological polar surface area (TPSA) is 55.8 Å². The average Bonchev–Trinajstić information content (AvgIpc) is 2.72. The van der Waals surface area contributed by atoms with Gasteiger partial charge in [-0.25, -0.2) is 9.18 Å². The number of ether oxygens (including phenoxy) is 2. The summed E-state index contributed by atoms with van der Waals surface area (Å²) in [7, 11) is 1.56. The third kappa shape index (κ3) is 4.98. The number of halogens is 1. The lowest BCUT2D eigenvalue weighted by Crippen LogP contribution is -2.00. The van der Waals surface area contributed by atoms with E-state index in [0.717, 1.165) is 11.1 Å². The summed E-state index contributed by atoms with van der Waals surface area (Å²) < 4.78 is 23.7. The summed E-state index contributed by atoms with van der Waals surface area (Å²) in [5, 5.41) is 9.55. The molecule has 0 bridgehead atoms. The number of hydrogen-bond donors (Lipinski definition) is 1. The monoisotopic (exact) mass is 378 g/mol. The molecule has 0 aromatic heterocycles. The maximum Gasteiger partial charge on any atom is 0.336 e. The summed E-state index contributed by atoms with van der Waals surface area (Å²) in [4.78, 5) is 11.7. The maximum absolute atomic E-state index is 12.9. The van der Waals surface area contributed by atoms with Crippen LogP contribution in [0, 0.1) is 5.82 Å². The number of carboxylic acid groups (broad SMARTS) is 1. The van der Waals surface area contributed by atoms with Gasteiger partial charge in [0.2, 0.25) is 0 Å². The van der Waals surface area contributed by atoms with Crippen LogP contribution in [0.2, 0.25) is 0 Å². The van der Waals surface area contributed by atoms with Gasteiger partial charge in [0, 0.05) is 0 Å². The highest BCUT2D eigenvalue weighted by Gasteiger charge is 2.10. The van der Waals surface area contributed by atoms with Crippen molar-refractivity contribution < 1.29 is 23.8 Å². The second-order valence-electron chi connectivity index (χ2n) is 6.08. The van der Waals surface area contributed by atoms with Gasteiger partial charge in [-0.1, -0.05) is 36.4 Å². The third-order valence-electron chi connectivity index (χ3n) is 4.14. The minimum atomic E-state index is -1.01. The lowest BCUT2D eigenvalue weighted by Gasteiger charge is -2.08. The fourth-order valence-electron chi connectivity index (χ4n) is 2.61. The van der Waals surface area contributed by atoms with Crippen molar-refractivity contribution in [3.63, 3.8) is 0 Å². The van der Waals surface area contributed by atoms with Crippen molar-refractivity contribution >= 4 is 17.6 Å². The molecule has 28 heavy (non-hydrogen) atoms. The highest BCUT2D eigenvalue weighted by Crippen LogP contribution is 2.23. The highest BCUT2D eigenvalue weighted by atomic mass is 19.1. The van der Waals surface area contributed by atoms with E-state index in [1.165, 1.54) is 12.1 Å². The van der Waals surface area contributed by atoms with E-state index < -0.39 is 5.97 Å². The molecular formula is C23H19FO4. The lowest BCUT2D eigenvalue weighted by molar-refractivity contribution is -0.130. The van der Waals surface area contributed by atoms with Gasteiger partial charge in [0.15, 0.2) is 0 Å². The number of carbonyl (C=O) groups is 1. The molecule has 3 rings (SSSR count). The van der Waals surface area contributed by atoms with Gasteiger partial charge in [-0.05, 0) is 59.2 Å². The first-order chi connectivity index (χ1) is 13.5. The number of benzene rings is 3. The first-order valence-corrected chi connectivity index (χ1v) is 8.62. The van der Waals surface area contributed by atoms with Crippen LogP contribution in [0.3, 0.4) is 0 Å². The molecule has 4 nitrogen and oxygen atoms in total. The first-order valence-electron chi connectivity index (χ1n) is 8.62. The summed E-state index contributed by atoms with van der Waals surface area (Å²) in [6.45, 7) is 0.321. The van der Waals surface area contributed by atoms with Crippen molar-refractivity contribution in [2.75, 3.05) is 7.11 Å². The van der Waals surface area contributed by atoms with Crippen LogP contribution in [0.5, 0.6) is 11.5 Å². The van der Waals surface area contributed by atoms with Crippen molar-refractivity contribution in [1.29, 1.82) is 0 Å². The van der Waals surface area contributed by atoms with Crippen LogP contribution >= 0.6 is 0 Å². The Hall–Kier alpha value is -3.60. The van der Waals surface area contributed by atoms with Gasteiger partial charge in [0.25, 0.3) is 0 Å². The maximum atomic E-state index is 12.9. The molecule has 0 aliphatic heterocycles. The Morgan fingerprint density at radius 3 is 2.11 bits per heavy atom. The van der Waals surface area contributed by atoms with Crippen LogP contribution in [-0.2, 0) is 11.4 Å². The zero-order valence-electron chi connectivity index (χ0n) is 15.3. The van der Waals surface area contributed by atoms with E-state index in [1.807, 2.05) is 0 Å². The zero-order chi connectivity index (χ0) is 19.9. The van der Waals surface area contributed by atoms with Crippen molar-refractivity contribution in [2.24, 2.45) is 0 Å². The van der Waals surface area contributed by atoms with Crippen molar-refractivity contribution in [3.8, 4) is 11.5 Å². The Kier molecular flexibility index (Phi) is 6.07. The van der Waals surface area contributed by atoms with E-state index in [2.05, 4.69) is 0 Å². The van der Waals surface area contributed by atoms with E-state index in [-0.39, 0.29) is 11.4 Å². The average molecular weight is 378 g/mol. The summed E-state index contributed by atoms with van der Waals surface area (Å²) in [6, 6.07) is 20.1. The molecule has 3 aromatic rings. The third-order valence-corrected chi connectivity index (χ3v) is 4.14. The Labute approximate surface area is 162 Å². The lowest BCUT2D eigenvalue weighted by atomic mass is 10.0. The van der Waals surface area contributed by atoms with Crippen LogP contribution in [0.4, 0.5) is 4.39 Å². The van der Waals surface area contributed by atoms with Crippen molar-refractivity contribution in [3.05, 3.63) is 95.3 Å². The molecule has 0 heterocycles. The van der Waals surface area contributed by atoms with Gasteiger partial charge in [0.05, 0.1) is 12.7 Å². The normalized spacial score (nSPS) is 11.1. The SMILES string of the molecule is COc1ccc(/C(=C/c2ccc(OCc3ccc(F)cc3)cc2)C(=O)O)cc1. The van der Waals surface area contributed by atoms with Gasteiger partial charge in [-0.3, -0.25) is 0 Å². The summed E-state index contributed by atoms with van der Waals surface area (Å²) >= 11 is 0. The summed E-state index contributed by atoms with van der Waals surface area (Å²) in [5.41, 5.74) is 2.37. The minimum Gasteiger partial charge on any atom is -0.497 e.